The van der Waals surface area contributed by atoms with Crippen LogP contribution in [0.15, 0.2) is 54.6 Å². The number of hydrogen-bond donors (Lipinski definition) is 1. The van der Waals surface area contributed by atoms with Gasteiger partial charge in [0.1, 0.15) is 0 Å². The number of para-hydroxylation sites is 1. The van der Waals surface area contributed by atoms with Crippen LogP contribution in [0.2, 0.25) is 0 Å². The Bertz CT molecular complexity index is 1090. The SMILES string of the molecule is Cc1cc(C(=O)NC2CCC(CCN3CCc4ccccc4CC3)CC2)c2ccccc2n1. The van der Waals surface area contributed by atoms with E-state index < -0.39 is 0 Å². The molecule has 1 N–H and O–H groups in total. The number of amides is 1. The number of nitrogens with zero attached hydrogens (tertiary/aromatic N) is 2. The van der Waals surface area contributed by atoms with Crippen molar-refractivity contribution < 1.29 is 4.79 Å². The largest absolute Gasteiger partial charge is 0.349 e. The molecular weight excluding hydrogens is 406 g/mol. The summed E-state index contributed by atoms with van der Waals surface area (Å²) in [5, 5.41) is 4.26. The highest BCUT2D eigenvalue weighted by Crippen LogP contribution is 2.28. The minimum atomic E-state index is 0.0456. The van der Waals surface area contributed by atoms with E-state index in [-0.39, 0.29) is 11.9 Å². The normalized spacial score (nSPS) is 21.4. The van der Waals surface area contributed by atoms with Crippen molar-refractivity contribution in [2.75, 3.05) is 19.6 Å². The van der Waals surface area contributed by atoms with Gasteiger partial charge in [-0.15, -0.1) is 0 Å². The van der Waals surface area contributed by atoms with Crippen LogP contribution in [0.3, 0.4) is 0 Å². The molecule has 0 radical (unpaired) electrons. The Labute approximate surface area is 197 Å². The van der Waals surface area contributed by atoms with Crippen LogP contribution < -0.4 is 5.32 Å². The van der Waals surface area contributed by atoms with Gasteiger partial charge in [0.05, 0.1) is 11.1 Å². The number of pyridine rings is 1. The molecule has 4 heteroatoms. The molecule has 1 saturated carbocycles. The monoisotopic (exact) mass is 441 g/mol. The third-order valence-electron chi connectivity index (χ3n) is 7.64. The lowest BCUT2D eigenvalue weighted by Crippen LogP contribution is -2.38. The number of benzene rings is 2. The molecule has 0 spiro atoms. The van der Waals surface area contributed by atoms with Gasteiger partial charge >= 0.3 is 0 Å². The van der Waals surface area contributed by atoms with E-state index in [0.29, 0.717) is 0 Å². The summed E-state index contributed by atoms with van der Waals surface area (Å²) in [6.07, 6.45) is 8.25. The van der Waals surface area contributed by atoms with Gasteiger partial charge in [-0.3, -0.25) is 9.78 Å². The maximum Gasteiger partial charge on any atom is 0.252 e. The third-order valence-corrected chi connectivity index (χ3v) is 7.64. The van der Waals surface area contributed by atoms with Gasteiger partial charge in [-0.1, -0.05) is 42.5 Å². The van der Waals surface area contributed by atoms with Crippen LogP contribution in [-0.2, 0) is 12.8 Å². The van der Waals surface area contributed by atoms with Gasteiger partial charge in [-0.05, 0) is 87.6 Å². The van der Waals surface area contributed by atoms with Crippen molar-refractivity contribution in [2.45, 2.75) is 57.9 Å². The lowest BCUT2D eigenvalue weighted by molar-refractivity contribution is 0.0921. The topological polar surface area (TPSA) is 45.2 Å². The third kappa shape index (κ3) is 5.27. The second-order valence-electron chi connectivity index (χ2n) is 9.92. The van der Waals surface area contributed by atoms with E-state index in [0.717, 1.165) is 40.9 Å². The first-order chi connectivity index (χ1) is 16.2. The van der Waals surface area contributed by atoms with Gasteiger partial charge in [-0.25, -0.2) is 0 Å². The minimum absolute atomic E-state index is 0.0456. The van der Waals surface area contributed by atoms with Crippen molar-refractivity contribution in [1.82, 2.24) is 15.2 Å². The summed E-state index contributed by atoms with van der Waals surface area (Å²) < 4.78 is 0. The number of aryl methyl sites for hydroxylation is 1. The molecule has 2 heterocycles. The average Bonchev–Trinajstić information content (AvgIpc) is 3.05. The zero-order chi connectivity index (χ0) is 22.6. The fraction of sp³-hybridized carbons (Fsp3) is 0.448. The van der Waals surface area contributed by atoms with E-state index in [4.69, 9.17) is 0 Å². The molecule has 172 valence electrons. The number of hydrogen-bond acceptors (Lipinski definition) is 3. The molecule has 2 aromatic carbocycles. The van der Waals surface area contributed by atoms with Crippen molar-refractivity contribution >= 4 is 16.8 Å². The van der Waals surface area contributed by atoms with Gasteiger partial charge in [0.15, 0.2) is 0 Å². The second kappa shape index (κ2) is 10.0. The van der Waals surface area contributed by atoms with Gasteiger partial charge in [0.2, 0.25) is 0 Å². The standard InChI is InChI=1S/C29H35N3O/c1-21-20-27(26-8-4-5-9-28(26)30-21)29(33)31-25-12-10-22(11-13-25)14-17-32-18-15-23-6-2-3-7-24(23)16-19-32/h2-9,20,22,25H,10-19H2,1H3,(H,31,33). The molecular formula is C29H35N3O. The summed E-state index contributed by atoms with van der Waals surface area (Å²) in [5.74, 6) is 0.831. The van der Waals surface area contributed by atoms with Crippen molar-refractivity contribution in [3.8, 4) is 0 Å². The summed E-state index contributed by atoms with van der Waals surface area (Å²) in [4.78, 5) is 20.3. The lowest BCUT2D eigenvalue weighted by Gasteiger charge is -2.31. The highest BCUT2D eigenvalue weighted by molar-refractivity contribution is 6.06. The lowest BCUT2D eigenvalue weighted by atomic mass is 9.84. The molecule has 1 aliphatic heterocycles. The van der Waals surface area contributed by atoms with Crippen molar-refractivity contribution in [3.05, 3.63) is 77.0 Å². The number of rotatable bonds is 5. The zero-order valence-electron chi connectivity index (χ0n) is 19.7. The van der Waals surface area contributed by atoms with Crippen LogP contribution in [0.4, 0.5) is 0 Å². The first kappa shape index (κ1) is 22.1. The first-order valence-corrected chi connectivity index (χ1v) is 12.6. The highest BCUT2D eigenvalue weighted by Gasteiger charge is 2.24. The van der Waals surface area contributed by atoms with E-state index in [1.807, 2.05) is 37.3 Å². The van der Waals surface area contributed by atoms with E-state index in [1.54, 1.807) is 0 Å². The highest BCUT2D eigenvalue weighted by atomic mass is 16.1. The molecule has 0 bridgehead atoms. The predicted octanol–water partition coefficient (Wildman–Crippen LogP) is 5.32. The first-order valence-electron chi connectivity index (χ1n) is 12.6. The number of nitrogens with one attached hydrogen (secondary N) is 1. The Balaban J connectivity index is 1.10. The van der Waals surface area contributed by atoms with Crippen LogP contribution in [0.25, 0.3) is 10.9 Å². The molecule has 1 fully saturated rings. The van der Waals surface area contributed by atoms with Crippen molar-refractivity contribution in [2.24, 2.45) is 5.92 Å². The molecule has 0 saturated heterocycles. The Hall–Kier alpha value is -2.72. The van der Waals surface area contributed by atoms with Crippen molar-refractivity contribution in [1.29, 1.82) is 0 Å². The molecule has 5 rings (SSSR count). The smallest absolute Gasteiger partial charge is 0.252 e. The van der Waals surface area contributed by atoms with Crippen LogP contribution in [0.1, 0.15) is 59.3 Å². The number of carbonyl (C=O) groups is 1. The predicted molar refractivity (Wildman–Crippen MR) is 135 cm³/mol. The number of fused-ring (bicyclic) bond motifs is 2. The van der Waals surface area contributed by atoms with E-state index >= 15 is 0 Å². The maximum atomic E-state index is 13.1. The molecule has 0 unspecified atom stereocenters. The Morgan fingerprint density at radius 3 is 2.36 bits per heavy atom. The van der Waals surface area contributed by atoms with Crippen LogP contribution in [-0.4, -0.2) is 41.5 Å². The fourth-order valence-corrected chi connectivity index (χ4v) is 5.66. The fourth-order valence-electron chi connectivity index (χ4n) is 5.66. The average molecular weight is 442 g/mol. The van der Waals surface area contributed by atoms with Gasteiger partial charge in [0.25, 0.3) is 5.91 Å². The van der Waals surface area contributed by atoms with E-state index in [9.17, 15) is 4.79 Å². The summed E-state index contributed by atoms with van der Waals surface area (Å²) in [6, 6.07) is 19.1. The summed E-state index contributed by atoms with van der Waals surface area (Å²) in [6.45, 7) is 5.53. The Kier molecular flexibility index (Phi) is 6.73. The van der Waals surface area contributed by atoms with Gasteiger partial charge in [0, 0.05) is 30.2 Å². The summed E-state index contributed by atoms with van der Waals surface area (Å²) >= 11 is 0. The summed E-state index contributed by atoms with van der Waals surface area (Å²) in [5.41, 5.74) is 5.60. The van der Waals surface area contributed by atoms with Crippen LogP contribution >= 0.6 is 0 Å². The number of carbonyl (C=O) groups excluding carboxylic acids is 1. The van der Waals surface area contributed by atoms with Gasteiger partial charge < -0.3 is 10.2 Å². The Morgan fingerprint density at radius 2 is 1.64 bits per heavy atom. The van der Waals surface area contributed by atoms with Gasteiger partial charge in [-0.2, -0.15) is 0 Å². The van der Waals surface area contributed by atoms with Crippen LogP contribution in [0.5, 0.6) is 0 Å². The molecule has 1 aliphatic carbocycles. The molecule has 4 nitrogen and oxygen atoms in total. The molecule has 0 atom stereocenters. The molecule has 2 aliphatic rings. The minimum Gasteiger partial charge on any atom is -0.349 e. The molecule has 3 aromatic rings. The number of aromatic nitrogens is 1. The zero-order valence-corrected chi connectivity index (χ0v) is 19.7. The van der Waals surface area contributed by atoms with E-state index in [1.165, 1.54) is 62.9 Å². The van der Waals surface area contributed by atoms with E-state index in [2.05, 4.69) is 39.5 Å². The molecule has 33 heavy (non-hydrogen) atoms. The summed E-state index contributed by atoms with van der Waals surface area (Å²) in [7, 11) is 0. The van der Waals surface area contributed by atoms with Crippen LogP contribution in [0, 0.1) is 12.8 Å². The van der Waals surface area contributed by atoms with Crippen molar-refractivity contribution in [3.63, 3.8) is 0 Å². The molecule has 1 amide bonds. The second-order valence-corrected chi connectivity index (χ2v) is 9.92. The maximum absolute atomic E-state index is 13.1. The Morgan fingerprint density at radius 1 is 0.970 bits per heavy atom. The molecule has 1 aromatic heterocycles. The quantitative estimate of drug-likeness (QED) is 0.583.